The first kappa shape index (κ1) is 29.6. The minimum absolute atomic E-state index is 0.0614. The fourth-order valence-corrected chi connectivity index (χ4v) is 5.79. The third-order valence-corrected chi connectivity index (χ3v) is 8.16. The minimum Gasteiger partial charge on any atom is -0.355 e. The van der Waals surface area contributed by atoms with Gasteiger partial charge in [0, 0.05) is 50.0 Å². The van der Waals surface area contributed by atoms with E-state index in [-0.39, 0.29) is 54.9 Å². The zero-order valence-electron chi connectivity index (χ0n) is 22.7. The number of nitrogens with one attached hydrogen (secondary N) is 2. The second-order valence-corrected chi connectivity index (χ2v) is 10.9. The molecule has 2 N–H and O–H groups in total. The molecule has 1 aliphatic heterocycles. The highest BCUT2D eigenvalue weighted by Crippen LogP contribution is 2.41. The third kappa shape index (κ3) is 6.14. The molecule has 4 heterocycles. The summed E-state index contributed by atoms with van der Waals surface area (Å²) in [6.45, 7) is 1.75. The van der Waals surface area contributed by atoms with Gasteiger partial charge in [-0.1, -0.05) is 0 Å². The number of alkyl halides is 5. The van der Waals surface area contributed by atoms with Crippen molar-refractivity contribution >= 4 is 23.7 Å². The number of imidazole rings is 1. The van der Waals surface area contributed by atoms with Crippen LogP contribution in [0.3, 0.4) is 0 Å². The lowest BCUT2D eigenvalue weighted by Gasteiger charge is -2.33. The van der Waals surface area contributed by atoms with Gasteiger partial charge in [-0.15, -0.1) is 0 Å². The quantitative estimate of drug-likeness (QED) is 0.301. The highest BCUT2D eigenvalue weighted by Gasteiger charge is 2.45. The van der Waals surface area contributed by atoms with E-state index in [2.05, 4.69) is 25.8 Å². The predicted molar refractivity (Wildman–Crippen MR) is 138 cm³/mol. The van der Waals surface area contributed by atoms with Crippen LogP contribution in [0.15, 0.2) is 24.5 Å². The van der Waals surface area contributed by atoms with Crippen molar-refractivity contribution in [2.24, 2.45) is 17.8 Å². The molecule has 0 radical (unpaired) electrons. The van der Waals surface area contributed by atoms with Crippen LogP contribution in [-0.4, -0.2) is 61.1 Å². The molecule has 15 heteroatoms. The standard InChI is InChI=1S/C27H30F5N7O3/c1-2-38-21(5-8-34-38)25(42)36-23(15-3-6-26(28,29)7-4-15)20-13-39-22(35-20)11-17(14-40)19(37-39)10-16-9-18(27(30,31)32)12-33-24(16)41/h5,8,11,13-16,18,23H,2-4,6-7,9-10,12H2,1H3,(H,33,41)(H,36,42)/t16?,18-,23?/m1/s1. The van der Waals surface area contributed by atoms with Gasteiger partial charge in [0.1, 0.15) is 5.69 Å². The molecule has 2 amide bonds. The maximum Gasteiger partial charge on any atom is 0.393 e. The number of fused-ring (bicyclic) bond motifs is 1. The molecule has 226 valence electrons. The van der Waals surface area contributed by atoms with Crippen LogP contribution in [0, 0.1) is 17.8 Å². The Labute approximate surface area is 237 Å². The van der Waals surface area contributed by atoms with E-state index < -0.39 is 54.8 Å². The number of nitrogens with zero attached hydrogens (tertiary/aromatic N) is 5. The van der Waals surface area contributed by atoms with E-state index in [9.17, 15) is 36.3 Å². The van der Waals surface area contributed by atoms with Crippen molar-refractivity contribution < 1.29 is 36.3 Å². The Morgan fingerprint density at radius 1 is 1.29 bits per heavy atom. The molecule has 42 heavy (non-hydrogen) atoms. The average molecular weight is 596 g/mol. The number of amides is 2. The Morgan fingerprint density at radius 3 is 2.69 bits per heavy atom. The van der Waals surface area contributed by atoms with Crippen molar-refractivity contribution in [3.63, 3.8) is 0 Å². The second-order valence-electron chi connectivity index (χ2n) is 10.9. The molecule has 2 fully saturated rings. The van der Waals surface area contributed by atoms with Gasteiger partial charge in [-0.3, -0.25) is 19.1 Å². The molecule has 2 unspecified atom stereocenters. The number of aldehydes is 1. The van der Waals surface area contributed by atoms with Gasteiger partial charge in [0.25, 0.3) is 5.91 Å². The molecule has 10 nitrogen and oxygen atoms in total. The van der Waals surface area contributed by atoms with Gasteiger partial charge < -0.3 is 10.6 Å². The first-order valence-electron chi connectivity index (χ1n) is 13.8. The number of hydrogen-bond donors (Lipinski definition) is 2. The number of aromatic nitrogens is 5. The Kier molecular flexibility index (Phi) is 8.03. The zero-order chi connectivity index (χ0) is 30.2. The highest BCUT2D eigenvalue weighted by atomic mass is 19.4. The smallest absolute Gasteiger partial charge is 0.355 e. The molecule has 1 aliphatic carbocycles. The van der Waals surface area contributed by atoms with Crippen molar-refractivity contribution in [2.75, 3.05) is 6.54 Å². The van der Waals surface area contributed by atoms with Gasteiger partial charge >= 0.3 is 6.18 Å². The Bertz CT molecular complexity index is 1470. The Hall–Kier alpha value is -3.91. The van der Waals surface area contributed by atoms with Gasteiger partial charge in [0.15, 0.2) is 11.9 Å². The van der Waals surface area contributed by atoms with Crippen LogP contribution in [0.4, 0.5) is 22.0 Å². The van der Waals surface area contributed by atoms with Crippen molar-refractivity contribution in [3.8, 4) is 0 Å². The zero-order valence-corrected chi connectivity index (χ0v) is 22.7. The van der Waals surface area contributed by atoms with E-state index in [1.807, 2.05) is 6.92 Å². The van der Waals surface area contributed by atoms with Crippen molar-refractivity contribution in [2.45, 2.75) is 70.1 Å². The summed E-state index contributed by atoms with van der Waals surface area (Å²) in [5, 5.41) is 13.7. The van der Waals surface area contributed by atoms with Crippen LogP contribution in [0.25, 0.3) is 5.65 Å². The molecule has 3 aromatic rings. The first-order chi connectivity index (χ1) is 19.9. The van der Waals surface area contributed by atoms with E-state index >= 15 is 0 Å². The topological polar surface area (TPSA) is 123 Å². The van der Waals surface area contributed by atoms with Crippen LogP contribution >= 0.6 is 0 Å². The van der Waals surface area contributed by atoms with E-state index in [0.717, 1.165) is 0 Å². The van der Waals surface area contributed by atoms with Gasteiger partial charge in [-0.05, 0) is 44.2 Å². The molecule has 3 aromatic heterocycles. The summed E-state index contributed by atoms with van der Waals surface area (Å²) in [5.41, 5.74) is 1.02. The van der Waals surface area contributed by atoms with Crippen molar-refractivity contribution in [3.05, 3.63) is 47.2 Å². The number of hydrogen-bond acceptors (Lipinski definition) is 6. The fourth-order valence-electron chi connectivity index (χ4n) is 5.79. The van der Waals surface area contributed by atoms with E-state index in [1.54, 1.807) is 6.07 Å². The van der Waals surface area contributed by atoms with E-state index in [4.69, 9.17) is 0 Å². The van der Waals surface area contributed by atoms with E-state index in [1.165, 1.54) is 27.7 Å². The second kappa shape index (κ2) is 11.4. The Balaban J connectivity index is 1.46. The predicted octanol–water partition coefficient (Wildman–Crippen LogP) is 3.91. The number of rotatable bonds is 8. The molecule has 0 spiro atoms. The molecule has 0 bridgehead atoms. The maximum atomic E-state index is 14.0. The molecule has 3 atom stereocenters. The van der Waals surface area contributed by atoms with Crippen LogP contribution in [0.1, 0.15) is 77.3 Å². The minimum atomic E-state index is -4.48. The van der Waals surface area contributed by atoms with Crippen LogP contribution < -0.4 is 10.6 Å². The summed E-state index contributed by atoms with van der Waals surface area (Å²) in [5.74, 6) is -6.93. The molecule has 0 aromatic carbocycles. The number of piperidine rings is 1. The molecule has 2 aliphatic rings. The maximum absolute atomic E-state index is 14.0. The molecular weight excluding hydrogens is 565 g/mol. The number of carbonyl (C=O) groups is 3. The van der Waals surface area contributed by atoms with Crippen molar-refractivity contribution in [1.82, 2.24) is 35.0 Å². The molecular formula is C27H30F5N7O3. The highest BCUT2D eigenvalue weighted by molar-refractivity contribution is 5.92. The lowest BCUT2D eigenvalue weighted by Crippen LogP contribution is -2.47. The number of aryl methyl sites for hydroxylation is 1. The third-order valence-electron chi connectivity index (χ3n) is 8.16. The van der Waals surface area contributed by atoms with Gasteiger partial charge in [-0.25, -0.2) is 18.3 Å². The van der Waals surface area contributed by atoms with E-state index in [0.29, 0.717) is 24.2 Å². The number of halogens is 5. The summed E-state index contributed by atoms with van der Waals surface area (Å²) < 4.78 is 70.7. The largest absolute Gasteiger partial charge is 0.393 e. The lowest BCUT2D eigenvalue weighted by atomic mass is 9.81. The summed E-state index contributed by atoms with van der Waals surface area (Å²) in [6, 6.07) is 2.18. The van der Waals surface area contributed by atoms with Crippen LogP contribution in [-0.2, 0) is 17.8 Å². The SMILES string of the molecule is CCn1nccc1C(=O)NC(c1cn2nc(CC3C[C@@H](C(F)(F)F)CNC3=O)c(C=O)cc2n1)C1CCC(F)(F)CC1. The summed E-state index contributed by atoms with van der Waals surface area (Å²) in [7, 11) is 0. The molecule has 1 saturated heterocycles. The Morgan fingerprint density at radius 2 is 2.02 bits per heavy atom. The summed E-state index contributed by atoms with van der Waals surface area (Å²) in [4.78, 5) is 42.1. The summed E-state index contributed by atoms with van der Waals surface area (Å²) in [6.07, 6.45) is -2.05. The normalized spacial score (nSPS) is 22.1. The van der Waals surface area contributed by atoms with Gasteiger partial charge in [-0.2, -0.15) is 23.4 Å². The van der Waals surface area contributed by atoms with Crippen molar-refractivity contribution in [1.29, 1.82) is 0 Å². The van der Waals surface area contributed by atoms with Gasteiger partial charge in [0.2, 0.25) is 11.8 Å². The number of carbonyl (C=O) groups excluding carboxylic acids is 3. The average Bonchev–Trinajstić information content (AvgIpc) is 3.58. The fraction of sp³-hybridized carbons (Fsp3) is 0.556. The monoisotopic (exact) mass is 595 g/mol. The molecule has 1 saturated carbocycles. The lowest BCUT2D eigenvalue weighted by molar-refractivity contribution is -0.183. The van der Waals surface area contributed by atoms with Crippen LogP contribution in [0.2, 0.25) is 0 Å². The molecule has 5 rings (SSSR count). The van der Waals surface area contributed by atoms with Crippen LogP contribution in [0.5, 0.6) is 0 Å². The summed E-state index contributed by atoms with van der Waals surface area (Å²) >= 11 is 0. The first-order valence-corrected chi connectivity index (χ1v) is 13.8. The van der Waals surface area contributed by atoms with Gasteiger partial charge in [0.05, 0.1) is 29.5 Å².